The number of nitrogens with two attached hydrogens (primary N) is 1. The molecule has 0 radical (unpaired) electrons. The van der Waals surface area contributed by atoms with Crippen molar-refractivity contribution in [3.8, 4) is 22.7 Å². The molecule has 0 unspecified atom stereocenters. The van der Waals surface area contributed by atoms with Crippen LogP contribution in [0.2, 0.25) is 0 Å². The molecular formula is C20H15N7OS. The van der Waals surface area contributed by atoms with Crippen LogP contribution in [-0.2, 0) is 11.3 Å². The SMILES string of the molecule is N#Cc1nc2c(-c3nc4ccccc4s3)c(N)n(C[C@H]3CCCO3)c2nc1C#N. The Morgan fingerprint density at radius 2 is 1.97 bits per heavy atom. The molecule has 3 aromatic heterocycles. The summed E-state index contributed by atoms with van der Waals surface area (Å²) in [5.74, 6) is 0.466. The van der Waals surface area contributed by atoms with Gasteiger partial charge in [-0.1, -0.05) is 12.1 Å². The lowest BCUT2D eigenvalue weighted by Gasteiger charge is -2.13. The molecule has 1 atom stereocenters. The van der Waals surface area contributed by atoms with Gasteiger partial charge in [0, 0.05) is 6.61 Å². The monoisotopic (exact) mass is 401 g/mol. The Labute approximate surface area is 169 Å². The molecule has 8 nitrogen and oxygen atoms in total. The highest BCUT2D eigenvalue weighted by Gasteiger charge is 2.26. The average molecular weight is 401 g/mol. The van der Waals surface area contributed by atoms with Crippen molar-refractivity contribution in [1.29, 1.82) is 10.5 Å². The van der Waals surface area contributed by atoms with E-state index in [4.69, 9.17) is 15.5 Å². The van der Waals surface area contributed by atoms with Crippen molar-refractivity contribution in [3.63, 3.8) is 0 Å². The number of rotatable bonds is 3. The largest absolute Gasteiger partial charge is 0.384 e. The fourth-order valence-electron chi connectivity index (χ4n) is 3.68. The van der Waals surface area contributed by atoms with Crippen molar-refractivity contribution >= 4 is 38.5 Å². The van der Waals surface area contributed by atoms with Crippen molar-refractivity contribution in [3.05, 3.63) is 35.7 Å². The highest BCUT2D eigenvalue weighted by molar-refractivity contribution is 7.21. The smallest absolute Gasteiger partial charge is 0.179 e. The van der Waals surface area contributed by atoms with E-state index < -0.39 is 0 Å². The number of nitriles is 2. The number of thiazole rings is 1. The molecule has 0 bridgehead atoms. The Kier molecular flexibility index (Phi) is 4.13. The summed E-state index contributed by atoms with van der Waals surface area (Å²) in [6.07, 6.45) is 1.96. The second kappa shape index (κ2) is 6.82. The number of para-hydroxylation sites is 1. The van der Waals surface area contributed by atoms with Crippen LogP contribution in [0, 0.1) is 22.7 Å². The third kappa shape index (κ3) is 2.80. The van der Waals surface area contributed by atoms with E-state index in [2.05, 4.69) is 9.97 Å². The zero-order valence-electron chi connectivity index (χ0n) is 15.3. The Hall–Kier alpha value is -3.53. The maximum Gasteiger partial charge on any atom is 0.179 e. The van der Waals surface area contributed by atoms with Crippen LogP contribution in [0.15, 0.2) is 24.3 Å². The van der Waals surface area contributed by atoms with Crippen LogP contribution < -0.4 is 5.73 Å². The predicted molar refractivity (Wildman–Crippen MR) is 109 cm³/mol. The standard InChI is InChI=1S/C20H15N7OS/c21-8-13-14(9-22)25-19-17(24-13)16(18(23)27(19)10-11-4-3-7-28-11)20-26-12-5-1-2-6-15(12)29-20/h1-2,5-6,11H,3-4,7,10,23H2/t11-/m1/s1. The number of anilines is 1. The van der Waals surface area contributed by atoms with E-state index in [0.29, 0.717) is 34.1 Å². The van der Waals surface area contributed by atoms with E-state index in [1.807, 2.05) is 41.0 Å². The van der Waals surface area contributed by atoms with Gasteiger partial charge in [0.15, 0.2) is 17.0 Å². The Bertz CT molecular complexity index is 1300. The van der Waals surface area contributed by atoms with Crippen molar-refractivity contribution in [2.75, 3.05) is 12.3 Å². The Balaban J connectivity index is 1.78. The molecule has 1 aliphatic rings. The lowest BCUT2D eigenvalue weighted by Crippen LogP contribution is -2.17. The fourth-order valence-corrected chi connectivity index (χ4v) is 4.70. The van der Waals surface area contributed by atoms with Gasteiger partial charge in [0.1, 0.15) is 28.5 Å². The number of nitrogen functional groups attached to an aromatic ring is 1. The molecule has 1 aromatic carbocycles. The number of aromatic nitrogens is 4. The molecular weight excluding hydrogens is 386 g/mol. The highest BCUT2D eigenvalue weighted by Crippen LogP contribution is 2.40. The molecule has 2 N–H and O–H groups in total. The minimum Gasteiger partial charge on any atom is -0.384 e. The number of hydrogen-bond acceptors (Lipinski definition) is 8. The molecule has 5 rings (SSSR count). The third-order valence-electron chi connectivity index (χ3n) is 5.05. The number of ether oxygens (including phenoxy) is 1. The number of hydrogen-bond donors (Lipinski definition) is 1. The van der Waals surface area contributed by atoms with Gasteiger partial charge >= 0.3 is 0 Å². The molecule has 1 fully saturated rings. The molecule has 4 aromatic rings. The van der Waals surface area contributed by atoms with Gasteiger partial charge in [-0.25, -0.2) is 15.0 Å². The first-order valence-electron chi connectivity index (χ1n) is 9.17. The Morgan fingerprint density at radius 3 is 2.69 bits per heavy atom. The zero-order valence-corrected chi connectivity index (χ0v) is 16.1. The second-order valence-electron chi connectivity index (χ2n) is 6.81. The van der Waals surface area contributed by atoms with Crippen LogP contribution in [0.3, 0.4) is 0 Å². The summed E-state index contributed by atoms with van der Waals surface area (Å²) in [4.78, 5) is 13.6. The third-order valence-corrected chi connectivity index (χ3v) is 6.10. The maximum atomic E-state index is 9.42. The van der Waals surface area contributed by atoms with Gasteiger partial charge in [-0.3, -0.25) is 0 Å². The summed E-state index contributed by atoms with van der Waals surface area (Å²) in [5, 5.41) is 19.5. The van der Waals surface area contributed by atoms with Gasteiger partial charge in [-0.15, -0.1) is 11.3 Å². The van der Waals surface area contributed by atoms with Crippen LogP contribution in [-0.4, -0.2) is 32.2 Å². The van der Waals surface area contributed by atoms with Crippen molar-refractivity contribution < 1.29 is 4.74 Å². The van der Waals surface area contributed by atoms with E-state index >= 15 is 0 Å². The normalized spacial score (nSPS) is 16.3. The van der Waals surface area contributed by atoms with Crippen molar-refractivity contribution in [2.24, 2.45) is 0 Å². The summed E-state index contributed by atoms with van der Waals surface area (Å²) >= 11 is 1.51. The van der Waals surface area contributed by atoms with Gasteiger partial charge in [-0.05, 0) is 25.0 Å². The fraction of sp³-hybridized carbons (Fsp3) is 0.250. The summed E-state index contributed by atoms with van der Waals surface area (Å²) in [5.41, 5.74) is 9.00. The molecule has 29 heavy (non-hydrogen) atoms. The molecule has 0 aliphatic carbocycles. The molecule has 0 amide bonds. The summed E-state index contributed by atoms with van der Waals surface area (Å²) < 4.78 is 8.64. The predicted octanol–water partition coefficient (Wildman–Crippen LogP) is 3.21. The van der Waals surface area contributed by atoms with Crippen LogP contribution in [0.1, 0.15) is 24.2 Å². The first-order chi connectivity index (χ1) is 14.2. The minimum absolute atomic E-state index is 0.0121. The molecule has 0 spiro atoms. The van der Waals surface area contributed by atoms with Crippen LogP contribution in [0.4, 0.5) is 5.82 Å². The summed E-state index contributed by atoms with van der Waals surface area (Å²) in [6, 6.07) is 11.7. The maximum absolute atomic E-state index is 9.42. The number of fused-ring (bicyclic) bond motifs is 2. The van der Waals surface area contributed by atoms with Gasteiger partial charge in [0.2, 0.25) is 0 Å². The quantitative estimate of drug-likeness (QED) is 0.558. The van der Waals surface area contributed by atoms with E-state index in [-0.39, 0.29) is 17.5 Å². The lowest BCUT2D eigenvalue weighted by atomic mass is 10.2. The van der Waals surface area contributed by atoms with Gasteiger partial charge in [0.25, 0.3) is 0 Å². The minimum atomic E-state index is -0.0170. The molecule has 4 heterocycles. The molecule has 142 valence electrons. The highest BCUT2D eigenvalue weighted by atomic mass is 32.1. The van der Waals surface area contributed by atoms with Gasteiger partial charge < -0.3 is 15.0 Å². The van der Waals surface area contributed by atoms with Gasteiger partial charge in [0.05, 0.1) is 28.4 Å². The van der Waals surface area contributed by atoms with Crippen LogP contribution >= 0.6 is 11.3 Å². The van der Waals surface area contributed by atoms with Gasteiger partial charge in [-0.2, -0.15) is 10.5 Å². The molecule has 1 saturated heterocycles. The zero-order chi connectivity index (χ0) is 20.0. The van der Waals surface area contributed by atoms with Crippen LogP contribution in [0.5, 0.6) is 0 Å². The van der Waals surface area contributed by atoms with E-state index in [1.54, 1.807) is 0 Å². The number of benzene rings is 1. The first kappa shape index (κ1) is 17.6. The average Bonchev–Trinajstić information content (AvgIpc) is 3.45. The first-order valence-corrected chi connectivity index (χ1v) is 9.98. The topological polar surface area (TPSA) is 126 Å². The van der Waals surface area contributed by atoms with E-state index in [0.717, 1.165) is 29.7 Å². The molecule has 9 heteroatoms. The number of nitrogens with zero attached hydrogens (tertiary/aromatic N) is 6. The summed E-state index contributed by atoms with van der Waals surface area (Å²) in [7, 11) is 0. The van der Waals surface area contributed by atoms with E-state index in [1.165, 1.54) is 11.3 Å². The van der Waals surface area contributed by atoms with Crippen LogP contribution in [0.25, 0.3) is 32.0 Å². The van der Waals surface area contributed by atoms with Crippen molar-refractivity contribution in [2.45, 2.75) is 25.5 Å². The summed E-state index contributed by atoms with van der Waals surface area (Å²) in [6.45, 7) is 1.24. The molecule has 1 aliphatic heterocycles. The molecule has 0 saturated carbocycles. The second-order valence-corrected chi connectivity index (χ2v) is 7.84. The lowest BCUT2D eigenvalue weighted by molar-refractivity contribution is 0.0983. The Morgan fingerprint density at radius 1 is 1.17 bits per heavy atom. The van der Waals surface area contributed by atoms with Crippen molar-refractivity contribution in [1.82, 2.24) is 19.5 Å². The van der Waals surface area contributed by atoms with E-state index in [9.17, 15) is 10.5 Å².